The van der Waals surface area contributed by atoms with Gasteiger partial charge < -0.3 is 9.84 Å². The first-order chi connectivity index (χ1) is 6.26. The summed E-state index contributed by atoms with van der Waals surface area (Å²) in [5, 5.41) is 10.5. The molecule has 2 N–H and O–H groups in total. The lowest BCUT2D eigenvalue weighted by molar-refractivity contribution is -0.137. The molecule has 0 spiro atoms. The molecule has 0 radical (unpaired) electrons. The number of hydrogen-bond donors (Lipinski definition) is 2. The summed E-state index contributed by atoms with van der Waals surface area (Å²) in [4.78, 5) is 21.5. The van der Waals surface area contributed by atoms with Gasteiger partial charge in [-0.3, -0.25) is 5.32 Å². The third-order valence-electron chi connectivity index (χ3n) is 1.07. The number of hydrogen-bond acceptors (Lipinski definition) is 3. The number of nitrogens with one attached hydrogen (secondary N) is 1. The third kappa shape index (κ3) is 5.04. The standard InChI is InChI=1S/C9H13NO4/c1-5-6(7(11)12)10-8(13)14-9(2,3)4/h1,6H,2-4H3,(H,10,13)(H,11,12). The predicted octanol–water partition coefficient (Wildman–Crippen LogP) is 0.597. The Hall–Kier alpha value is -1.70. The molecule has 1 unspecified atom stereocenters. The van der Waals surface area contributed by atoms with Crippen LogP contribution in [0.2, 0.25) is 0 Å². The van der Waals surface area contributed by atoms with Crippen molar-refractivity contribution >= 4 is 12.1 Å². The van der Waals surface area contributed by atoms with E-state index in [-0.39, 0.29) is 0 Å². The van der Waals surface area contributed by atoms with Gasteiger partial charge in [-0.15, -0.1) is 6.42 Å². The van der Waals surface area contributed by atoms with Gasteiger partial charge in [0.15, 0.2) is 6.04 Å². The Morgan fingerprint density at radius 1 is 1.50 bits per heavy atom. The Balaban J connectivity index is 4.20. The largest absolute Gasteiger partial charge is 0.479 e. The zero-order chi connectivity index (χ0) is 11.4. The minimum atomic E-state index is -1.36. The van der Waals surface area contributed by atoms with Gasteiger partial charge in [-0.25, -0.2) is 9.59 Å². The van der Waals surface area contributed by atoms with Crippen LogP contribution in [-0.4, -0.2) is 28.8 Å². The highest BCUT2D eigenvalue weighted by molar-refractivity contribution is 5.82. The number of carboxylic acids is 1. The van der Waals surface area contributed by atoms with Crippen molar-refractivity contribution in [2.75, 3.05) is 0 Å². The Kier molecular flexibility index (Phi) is 3.96. The smallest absolute Gasteiger partial charge is 0.409 e. The summed E-state index contributed by atoms with van der Waals surface area (Å²) in [6, 6.07) is -1.36. The molecule has 5 heteroatoms. The number of carboxylic acid groups (broad SMARTS) is 1. The van der Waals surface area contributed by atoms with Crippen molar-refractivity contribution in [2.24, 2.45) is 0 Å². The molecule has 0 aliphatic carbocycles. The maximum Gasteiger partial charge on any atom is 0.409 e. The second-order valence-corrected chi connectivity index (χ2v) is 3.58. The summed E-state index contributed by atoms with van der Waals surface area (Å²) in [7, 11) is 0. The first-order valence-corrected chi connectivity index (χ1v) is 3.94. The Morgan fingerprint density at radius 2 is 2.00 bits per heavy atom. The van der Waals surface area contributed by atoms with Gasteiger partial charge in [0.05, 0.1) is 0 Å². The number of carbonyl (C=O) groups excluding carboxylic acids is 1. The summed E-state index contributed by atoms with van der Waals surface area (Å²) < 4.78 is 4.81. The second kappa shape index (κ2) is 4.51. The van der Waals surface area contributed by atoms with Crippen LogP contribution >= 0.6 is 0 Å². The lowest BCUT2D eigenvalue weighted by Gasteiger charge is -2.20. The van der Waals surface area contributed by atoms with Crippen LogP contribution in [0.25, 0.3) is 0 Å². The molecule has 1 atom stereocenters. The van der Waals surface area contributed by atoms with Crippen LogP contribution in [0.15, 0.2) is 0 Å². The number of rotatable bonds is 2. The second-order valence-electron chi connectivity index (χ2n) is 3.58. The van der Waals surface area contributed by atoms with Crippen LogP contribution in [0, 0.1) is 12.3 Å². The maximum atomic E-state index is 11.0. The average Bonchev–Trinajstić information content (AvgIpc) is 1.96. The molecule has 0 rings (SSSR count). The van der Waals surface area contributed by atoms with Gasteiger partial charge in [0.25, 0.3) is 0 Å². The van der Waals surface area contributed by atoms with Gasteiger partial charge in [-0.1, -0.05) is 5.92 Å². The van der Waals surface area contributed by atoms with Crippen LogP contribution in [0.5, 0.6) is 0 Å². The van der Waals surface area contributed by atoms with E-state index in [4.69, 9.17) is 16.3 Å². The highest BCUT2D eigenvalue weighted by Gasteiger charge is 2.21. The number of ether oxygens (including phenoxy) is 1. The van der Waals surface area contributed by atoms with Gasteiger partial charge in [0.1, 0.15) is 5.60 Å². The molecule has 0 aliphatic rings. The molecule has 0 aromatic carbocycles. The molecule has 0 saturated heterocycles. The van der Waals surface area contributed by atoms with E-state index in [1.165, 1.54) is 0 Å². The molecule has 0 heterocycles. The molecule has 78 valence electrons. The van der Waals surface area contributed by atoms with Crippen LogP contribution in [0.3, 0.4) is 0 Å². The van der Waals surface area contributed by atoms with Gasteiger partial charge in [-0.05, 0) is 20.8 Å². The molecule has 14 heavy (non-hydrogen) atoms. The fraction of sp³-hybridized carbons (Fsp3) is 0.556. The van der Waals surface area contributed by atoms with Crippen LogP contribution in [-0.2, 0) is 9.53 Å². The number of amides is 1. The average molecular weight is 199 g/mol. The monoisotopic (exact) mass is 199 g/mol. The molecular weight excluding hydrogens is 186 g/mol. The minimum absolute atomic E-state index is 0.679. The molecule has 5 nitrogen and oxygen atoms in total. The van der Waals surface area contributed by atoms with Gasteiger partial charge in [0, 0.05) is 0 Å². The van der Waals surface area contributed by atoms with E-state index in [9.17, 15) is 9.59 Å². The minimum Gasteiger partial charge on any atom is -0.479 e. The van der Waals surface area contributed by atoms with E-state index in [0.717, 1.165) is 0 Å². The lowest BCUT2D eigenvalue weighted by atomic mass is 10.2. The van der Waals surface area contributed by atoms with Crippen molar-refractivity contribution in [3.63, 3.8) is 0 Å². The van der Waals surface area contributed by atoms with E-state index in [1.807, 2.05) is 11.2 Å². The van der Waals surface area contributed by atoms with E-state index < -0.39 is 23.7 Å². The molecule has 0 aromatic rings. The normalized spacial score (nSPS) is 12.4. The van der Waals surface area contributed by atoms with E-state index in [1.54, 1.807) is 20.8 Å². The SMILES string of the molecule is C#CC(NC(=O)OC(C)(C)C)C(=O)O. The maximum absolute atomic E-state index is 11.0. The fourth-order valence-corrected chi connectivity index (χ4v) is 0.600. The summed E-state index contributed by atoms with van der Waals surface area (Å²) in [6.45, 7) is 4.99. The molecular formula is C9H13NO4. The van der Waals surface area contributed by atoms with Crippen molar-refractivity contribution < 1.29 is 19.4 Å². The topological polar surface area (TPSA) is 75.6 Å². The van der Waals surface area contributed by atoms with Gasteiger partial charge >= 0.3 is 12.1 Å². The van der Waals surface area contributed by atoms with Gasteiger partial charge in [0.2, 0.25) is 0 Å². The van der Waals surface area contributed by atoms with Crippen molar-refractivity contribution in [1.82, 2.24) is 5.32 Å². The molecule has 0 fully saturated rings. The van der Waals surface area contributed by atoms with Crippen LogP contribution in [0.1, 0.15) is 20.8 Å². The van der Waals surface area contributed by atoms with E-state index in [2.05, 4.69) is 0 Å². The van der Waals surface area contributed by atoms with Crippen molar-refractivity contribution in [1.29, 1.82) is 0 Å². The molecule has 0 aromatic heterocycles. The summed E-state index contributed by atoms with van der Waals surface area (Å²) in [6.07, 6.45) is 4.04. The Labute approximate surface area is 82.4 Å². The van der Waals surface area contributed by atoms with Crippen molar-refractivity contribution in [3.05, 3.63) is 0 Å². The Morgan fingerprint density at radius 3 is 2.29 bits per heavy atom. The number of alkyl carbamates (subject to hydrolysis) is 1. The zero-order valence-electron chi connectivity index (χ0n) is 8.33. The quantitative estimate of drug-likeness (QED) is 0.638. The first-order valence-electron chi connectivity index (χ1n) is 3.94. The summed E-state index contributed by atoms with van der Waals surface area (Å²) in [5.41, 5.74) is -0.679. The van der Waals surface area contributed by atoms with E-state index >= 15 is 0 Å². The molecule has 0 aliphatic heterocycles. The summed E-state index contributed by atoms with van der Waals surface area (Å²) in [5.74, 6) is 0.613. The number of terminal acetylenes is 1. The number of aliphatic carboxylic acids is 1. The molecule has 0 saturated carbocycles. The predicted molar refractivity (Wildman–Crippen MR) is 49.6 cm³/mol. The van der Waals surface area contributed by atoms with Crippen LogP contribution < -0.4 is 5.32 Å². The summed E-state index contributed by atoms with van der Waals surface area (Å²) >= 11 is 0. The highest BCUT2D eigenvalue weighted by atomic mass is 16.6. The Bertz CT molecular complexity index is 272. The number of carbonyl (C=O) groups is 2. The first kappa shape index (κ1) is 12.3. The van der Waals surface area contributed by atoms with E-state index in [0.29, 0.717) is 0 Å². The third-order valence-corrected chi connectivity index (χ3v) is 1.07. The van der Waals surface area contributed by atoms with Gasteiger partial charge in [-0.2, -0.15) is 0 Å². The fourth-order valence-electron chi connectivity index (χ4n) is 0.600. The van der Waals surface area contributed by atoms with Crippen molar-refractivity contribution in [3.8, 4) is 12.3 Å². The van der Waals surface area contributed by atoms with Crippen molar-refractivity contribution in [2.45, 2.75) is 32.4 Å². The molecule has 0 bridgehead atoms. The lowest BCUT2D eigenvalue weighted by Crippen LogP contribution is -2.42. The highest BCUT2D eigenvalue weighted by Crippen LogP contribution is 2.06. The van der Waals surface area contributed by atoms with Crippen LogP contribution in [0.4, 0.5) is 4.79 Å². The molecule has 1 amide bonds. The zero-order valence-corrected chi connectivity index (χ0v) is 8.33.